The van der Waals surface area contributed by atoms with Gasteiger partial charge in [-0.15, -0.1) is 0 Å². The van der Waals surface area contributed by atoms with Crippen molar-refractivity contribution in [3.63, 3.8) is 0 Å². The van der Waals surface area contributed by atoms with Crippen molar-refractivity contribution in [2.24, 2.45) is 0 Å². The molecule has 0 aromatic heterocycles. The molecular formula is C15H20N4O4. The first-order valence-electron chi connectivity index (χ1n) is 7.39. The SMILES string of the molecule is Cc1c(C(=O)N(C)CC(=O)N2CCNCC2)cccc1[N+](=O)[O-]. The van der Waals surface area contributed by atoms with Crippen LogP contribution in [-0.2, 0) is 4.79 Å². The van der Waals surface area contributed by atoms with E-state index in [9.17, 15) is 19.7 Å². The van der Waals surface area contributed by atoms with Crippen LogP contribution in [0.1, 0.15) is 15.9 Å². The third-order valence-corrected chi connectivity index (χ3v) is 3.92. The number of nitrogens with one attached hydrogen (secondary N) is 1. The summed E-state index contributed by atoms with van der Waals surface area (Å²) in [6.45, 7) is 4.23. The standard InChI is InChI=1S/C15H20N4O4/c1-11-12(4-3-5-13(11)19(22)23)15(21)17(2)10-14(20)18-8-6-16-7-9-18/h3-5,16H,6-10H2,1-2H3. The van der Waals surface area contributed by atoms with Crippen LogP contribution in [0.25, 0.3) is 0 Å². The number of rotatable bonds is 4. The molecule has 0 saturated carbocycles. The molecule has 0 radical (unpaired) electrons. The predicted octanol–water partition coefficient (Wildman–Crippen LogP) is 0.407. The van der Waals surface area contributed by atoms with Gasteiger partial charge < -0.3 is 15.1 Å². The van der Waals surface area contributed by atoms with E-state index >= 15 is 0 Å². The molecule has 0 bridgehead atoms. The Morgan fingerprint density at radius 1 is 1.35 bits per heavy atom. The van der Waals surface area contributed by atoms with Gasteiger partial charge in [0, 0.05) is 50.4 Å². The van der Waals surface area contributed by atoms with Crippen LogP contribution in [0.15, 0.2) is 18.2 Å². The van der Waals surface area contributed by atoms with Crippen LogP contribution in [0.5, 0.6) is 0 Å². The van der Waals surface area contributed by atoms with Crippen LogP contribution in [-0.4, -0.2) is 66.3 Å². The lowest BCUT2D eigenvalue weighted by atomic mass is 10.1. The third kappa shape index (κ3) is 3.84. The first-order valence-corrected chi connectivity index (χ1v) is 7.39. The zero-order chi connectivity index (χ0) is 17.0. The van der Waals surface area contributed by atoms with Gasteiger partial charge in [0.25, 0.3) is 11.6 Å². The Labute approximate surface area is 134 Å². The van der Waals surface area contributed by atoms with Gasteiger partial charge in [-0.3, -0.25) is 19.7 Å². The molecule has 1 aliphatic rings. The smallest absolute Gasteiger partial charge is 0.273 e. The Hall–Kier alpha value is -2.48. The summed E-state index contributed by atoms with van der Waals surface area (Å²) in [6.07, 6.45) is 0. The van der Waals surface area contributed by atoms with Crippen LogP contribution < -0.4 is 5.32 Å². The molecule has 1 saturated heterocycles. The monoisotopic (exact) mass is 320 g/mol. The summed E-state index contributed by atoms with van der Waals surface area (Å²) in [5, 5.41) is 14.1. The first-order chi connectivity index (χ1) is 10.9. The Balaban J connectivity index is 2.09. The number of hydrogen-bond acceptors (Lipinski definition) is 5. The maximum atomic E-state index is 12.5. The van der Waals surface area contributed by atoms with Crippen LogP contribution in [0.4, 0.5) is 5.69 Å². The Bertz CT molecular complexity index is 626. The molecule has 23 heavy (non-hydrogen) atoms. The maximum Gasteiger partial charge on any atom is 0.273 e. The van der Waals surface area contributed by atoms with Crippen molar-refractivity contribution >= 4 is 17.5 Å². The highest BCUT2D eigenvalue weighted by molar-refractivity contribution is 5.98. The summed E-state index contributed by atoms with van der Waals surface area (Å²) in [7, 11) is 1.53. The number of hydrogen-bond donors (Lipinski definition) is 1. The molecule has 1 aliphatic heterocycles. The van der Waals surface area contributed by atoms with E-state index in [1.165, 1.54) is 37.1 Å². The van der Waals surface area contributed by atoms with Crippen molar-refractivity contribution in [3.05, 3.63) is 39.4 Å². The quantitative estimate of drug-likeness (QED) is 0.640. The molecule has 0 unspecified atom stereocenters. The number of amides is 2. The highest BCUT2D eigenvalue weighted by atomic mass is 16.6. The number of piperazine rings is 1. The van der Waals surface area contributed by atoms with E-state index in [1.807, 2.05) is 0 Å². The molecule has 8 nitrogen and oxygen atoms in total. The van der Waals surface area contributed by atoms with Gasteiger partial charge in [-0.05, 0) is 13.0 Å². The predicted molar refractivity (Wildman–Crippen MR) is 84.2 cm³/mol. The minimum absolute atomic E-state index is 0.0407. The summed E-state index contributed by atoms with van der Waals surface area (Å²) in [4.78, 5) is 38.1. The van der Waals surface area contributed by atoms with E-state index < -0.39 is 10.8 Å². The number of nitro groups is 1. The number of carbonyl (C=O) groups excluding carboxylic acids is 2. The zero-order valence-electron chi connectivity index (χ0n) is 13.2. The second kappa shape index (κ2) is 7.19. The van der Waals surface area contributed by atoms with Crippen molar-refractivity contribution in [3.8, 4) is 0 Å². The van der Waals surface area contributed by atoms with Crippen LogP contribution in [0.2, 0.25) is 0 Å². The molecule has 8 heteroatoms. The molecule has 0 spiro atoms. The topological polar surface area (TPSA) is 95.8 Å². The van der Waals surface area contributed by atoms with E-state index in [0.717, 1.165) is 13.1 Å². The third-order valence-electron chi connectivity index (χ3n) is 3.92. The second-order valence-electron chi connectivity index (χ2n) is 5.50. The molecule has 2 rings (SSSR count). The van der Waals surface area contributed by atoms with Gasteiger partial charge in [-0.25, -0.2) is 0 Å². The molecule has 1 heterocycles. The lowest BCUT2D eigenvalue weighted by Crippen LogP contribution is -2.49. The van der Waals surface area contributed by atoms with Crippen LogP contribution in [0, 0.1) is 17.0 Å². The maximum absolute atomic E-state index is 12.5. The van der Waals surface area contributed by atoms with Crippen molar-refractivity contribution < 1.29 is 14.5 Å². The molecule has 0 aliphatic carbocycles. The minimum Gasteiger partial charge on any atom is -0.339 e. The Kier molecular flexibility index (Phi) is 5.28. The summed E-state index contributed by atoms with van der Waals surface area (Å²) in [6, 6.07) is 4.37. The molecule has 0 atom stereocenters. The summed E-state index contributed by atoms with van der Waals surface area (Å²) in [5.41, 5.74) is 0.455. The second-order valence-corrected chi connectivity index (χ2v) is 5.50. The molecule has 1 N–H and O–H groups in total. The average molecular weight is 320 g/mol. The first kappa shape index (κ1) is 16.9. The van der Waals surface area contributed by atoms with Gasteiger partial charge in [-0.1, -0.05) is 6.07 Å². The highest BCUT2D eigenvalue weighted by Gasteiger charge is 2.24. The molecule has 2 amide bonds. The van der Waals surface area contributed by atoms with Gasteiger partial charge in [0.15, 0.2) is 0 Å². The van der Waals surface area contributed by atoms with Gasteiger partial charge >= 0.3 is 0 Å². The normalized spacial score (nSPS) is 14.4. The van der Waals surface area contributed by atoms with E-state index in [-0.39, 0.29) is 23.7 Å². The number of carbonyl (C=O) groups is 2. The minimum atomic E-state index is -0.516. The van der Waals surface area contributed by atoms with Crippen LogP contribution >= 0.6 is 0 Å². The molecule has 1 fully saturated rings. The van der Waals surface area contributed by atoms with E-state index in [4.69, 9.17) is 0 Å². The van der Waals surface area contributed by atoms with E-state index in [0.29, 0.717) is 18.7 Å². The number of nitrogens with zero attached hydrogens (tertiary/aromatic N) is 3. The number of nitro benzene ring substituents is 1. The van der Waals surface area contributed by atoms with Gasteiger partial charge in [0.2, 0.25) is 5.91 Å². The number of benzene rings is 1. The van der Waals surface area contributed by atoms with Crippen molar-refractivity contribution in [2.45, 2.75) is 6.92 Å². The lowest BCUT2D eigenvalue weighted by molar-refractivity contribution is -0.385. The largest absolute Gasteiger partial charge is 0.339 e. The van der Waals surface area contributed by atoms with Gasteiger partial charge in [0.05, 0.1) is 11.5 Å². The van der Waals surface area contributed by atoms with Crippen molar-refractivity contribution in [2.75, 3.05) is 39.8 Å². The lowest BCUT2D eigenvalue weighted by Gasteiger charge is -2.29. The highest BCUT2D eigenvalue weighted by Crippen LogP contribution is 2.22. The van der Waals surface area contributed by atoms with Crippen molar-refractivity contribution in [1.82, 2.24) is 15.1 Å². The summed E-state index contributed by atoms with van der Waals surface area (Å²) in [5.74, 6) is -0.514. The zero-order valence-corrected chi connectivity index (χ0v) is 13.2. The molecular weight excluding hydrogens is 300 g/mol. The fourth-order valence-electron chi connectivity index (χ4n) is 2.55. The fraction of sp³-hybridized carbons (Fsp3) is 0.467. The average Bonchev–Trinajstić information content (AvgIpc) is 2.54. The Morgan fingerprint density at radius 3 is 2.61 bits per heavy atom. The Morgan fingerprint density at radius 2 is 2.00 bits per heavy atom. The summed E-state index contributed by atoms with van der Waals surface area (Å²) < 4.78 is 0. The molecule has 1 aromatic carbocycles. The number of likely N-dealkylation sites (N-methyl/N-ethyl adjacent to an activating group) is 1. The van der Waals surface area contributed by atoms with Gasteiger partial charge in [-0.2, -0.15) is 0 Å². The molecule has 124 valence electrons. The summed E-state index contributed by atoms with van der Waals surface area (Å²) >= 11 is 0. The van der Waals surface area contributed by atoms with E-state index in [1.54, 1.807) is 4.90 Å². The molecule has 1 aromatic rings. The van der Waals surface area contributed by atoms with Gasteiger partial charge in [0.1, 0.15) is 0 Å². The van der Waals surface area contributed by atoms with E-state index in [2.05, 4.69) is 5.32 Å². The fourth-order valence-corrected chi connectivity index (χ4v) is 2.55. The van der Waals surface area contributed by atoms with Crippen molar-refractivity contribution in [1.29, 1.82) is 0 Å². The van der Waals surface area contributed by atoms with Crippen LogP contribution in [0.3, 0.4) is 0 Å².